The number of aliphatic imine (C=N–C) groups is 1. The van der Waals surface area contributed by atoms with E-state index in [0.717, 1.165) is 24.5 Å². The summed E-state index contributed by atoms with van der Waals surface area (Å²) < 4.78 is 0. The highest BCUT2D eigenvalue weighted by Gasteiger charge is 2.08. The van der Waals surface area contributed by atoms with Crippen LogP contribution in [-0.4, -0.2) is 35.2 Å². The molecule has 0 radical (unpaired) electrons. The average molecular weight is 320 g/mol. The third-order valence-electron chi connectivity index (χ3n) is 3.73. The fourth-order valence-electron chi connectivity index (χ4n) is 2.37. The molecule has 0 aliphatic carbocycles. The topological polar surface area (TPSA) is 69.5 Å². The van der Waals surface area contributed by atoms with Gasteiger partial charge in [0.05, 0.1) is 12.6 Å². The van der Waals surface area contributed by atoms with Crippen LogP contribution in [0.1, 0.15) is 64.5 Å². The van der Waals surface area contributed by atoms with Gasteiger partial charge >= 0.3 is 0 Å². The third-order valence-corrected chi connectivity index (χ3v) is 3.73. The Morgan fingerprint density at radius 2 is 1.96 bits per heavy atom. The van der Waals surface area contributed by atoms with E-state index in [1.807, 2.05) is 19.1 Å². The predicted octanol–water partition coefficient (Wildman–Crippen LogP) is 3.03. The maximum atomic E-state index is 10.2. The molecule has 5 nitrogen and oxygen atoms in total. The molecule has 130 valence electrons. The minimum Gasteiger partial charge on any atom is -0.386 e. The molecule has 0 spiro atoms. The quantitative estimate of drug-likeness (QED) is 0.352. The maximum absolute atomic E-state index is 10.2. The molecule has 1 heterocycles. The van der Waals surface area contributed by atoms with E-state index in [2.05, 4.69) is 34.5 Å². The minimum absolute atomic E-state index is 0.335. The van der Waals surface area contributed by atoms with Crippen molar-refractivity contribution < 1.29 is 5.11 Å². The van der Waals surface area contributed by atoms with Crippen molar-refractivity contribution in [2.24, 2.45) is 4.99 Å². The zero-order valence-corrected chi connectivity index (χ0v) is 14.8. The molecule has 1 rings (SSSR count). The van der Waals surface area contributed by atoms with E-state index in [0.29, 0.717) is 12.6 Å². The van der Waals surface area contributed by atoms with Gasteiger partial charge in [-0.05, 0) is 38.0 Å². The zero-order valence-electron chi connectivity index (χ0n) is 14.8. The number of aromatic nitrogens is 1. The molecule has 2 unspecified atom stereocenters. The third kappa shape index (κ3) is 8.55. The van der Waals surface area contributed by atoms with Crippen LogP contribution < -0.4 is 10.6 Å². The van der Waals surface area contributed by atoms with E-state index in [-0.39, 0.29) is 0 Å². The molecule has 1 aromatic rings. The van der Waals surface area contributed by atoms with Gasteiger partial charge in [-0.2, -0.15) is 0 Å². The van der Waals surface area contributed by atoms with Crippen LogP contribution in [0, 0.1) is 0 Å². The molecule has 0 aliphatic rings. The Balaban J connectivity index is 2.46. The van der Waals surface area contributed by atoms with Gasteiger partial charge in [0.1, 0.15) is 0 Å². The number of aliphatic hydroxyl groups is 1. The van der Waals surface area contributed by atoms with Crippen molar-refractivity contribution in [3.8, 4) is 0 Å². The van der Waals surface area contributed by atoms with Crippen molar-refractivity contribution in [1.82, 2.24) is 15.6 Å². The van der Waals surface area contributed by atoms with Crippen molar-refractivity contribution in [2.45, 2.75) is 65.0 Å². The van der Waals surface area contributed by atoms with Gasteiger partial charge in [-0.1, -0.05) is 32.6 Å². The van der Waals surface area contributed by atoms with E-state index >= 15 is 0 Å². The summed E-state index contributed by atoms with van der Waals surface area (Å²) in [4.78, 5) is 8.46. The molecule has 1 aromatic heterocycles. The molecule has 5 heteroatoms. The number of hydrogen-bond donors (Lipinski definition) is 3. The molecule has 0 fully saturated rings. The van der Waals surface area contributed by atoms with E-state index in [4.69, 9.17) is 0 Å². The molecular formula is C18H32N4O. The molecule has 0 saturated carbocycles. The molecule has 23 heavy (non-hydrogen) atoms. The van der Waals surface area contributed by atoms with Crippen molar-refractivity contribution in [1.29, 1.82) is 0 Å². The smallest absolute Gasteiger partial charge is 0.191 e. The number of hydrogen-bond acceptors (Lipinski definition) is 3. The summed E-state index contributed by atoms with van der Waals surface area (Å²) in [5.74, 6) is 0.767. The summed E-state index contributed by atoms with van der Waals surface area (Å²) in [5.41, 5.74) is 0.840. The highest BCUT2D eigenvalue weighted by atomic mass is 16.3. The normalized spacial score (nSPS) is 14.3. The molecule has 2 atom stereocenters. The first-order chi connectivity index (χ1) is 11.2. The number of nitrogens with zero attached hydrogens (tertiary/aromatic N) is 2. The van der Waals surface area contributed by atoms with Crippen molar-refractivity contribution in [2.75, 3.05) is 13.1 Å². The van der Waals surface area contributed by atoms with Gasteiger partial charge in [-0.15, -0.1) is 0 Å². The van der Waals surface area contributed by atoms with Crippen molar-refractivity contribution in [3.63, 3.8) is 0 Å². The van der Waals surface area contributed by atoms with Crippen LogP contribution in [0.5, 0.6) is 0 Å². The van der Waals surface area contributed by atoms with Gasteiger partial charge < -0.3 is 15.7 Å². The Bertz CT molecular complexity index is 436. The number of rotatable bonds is 10. The van der Waals surface area contributed by atoms with Crippen molar-refractivity contribution >= 4 is 5.96 Å². The monoisotopic (exact) mass is 320 g/mol. The van der Waals surface area contributed by atoms with Gasteiger partial charge in [-0.25, -0.2) is 0 Å². The number of aliphatic hydroxyl groups excluding tert-OH is 1. The molecule has 0 bridgehead atoms. The van der Waals surface area contributed by atoms with Crippen LogP contribution in [0.25, 0.3) is 0 Å². The lowest BCUT2D eigenvalue weighted by atomic mass is 10.1. The second kappa shape index (κ2) is 11.9. The van der Waals surface area contributed by atoms with Gasteiger partial charge in [-0.3, -0.25) is 9.98 Å². The van der Waals surface area contributed by atoms with E-state index in [1.54, 1.807) is 12.4 Å². The molecule has 0 aromatic carbocycles. The fourth-order valence-corrected chi connectivity index (χ4v) is 2.37. The highest BCUT2D eigenvalue weighted by Crippen LogP contribution is 2.11. The predicted molar refractivity (Wildman–Crippen MR) is 96.5 cm³/mol. The summed E-state index contributed by atoms with van der Waals surface area (Å²) in [7, 11) is 0. The Kier molecular flexibility index (Phi) is 10.0. The summed E-state index contributed by atoms with van der Waals surface area (Å²) in [6.45, 7) is 7.59. The fraction of sp³-hybridized carbons (Fsp3) is 0.667. The van der Waals surface area contributed by atoms with Crippen LogP contribution in [0.3, 0.4) is 0 Å². The van der Waals surface area contributed by atoms with Crippen LogP contribution in [0.15, 0.2) is 29.5 Å². The zero-order chi connectivity index (χ0) is 16.9. The summed E-state index contributed by atoms with van der Waals surface area (Å²) in [5, 5.41) is 16.8. The summed E-state index contributed by atoms with van der Waals surface area (Å²) in [6, 6.07) is 4.01. The first-order valence-corrected chi connectivity index (χ1v) is 8.80. The standard InChI is InChI=1S/C18H32N4O/c1-4-6-7-8-9-15(3)22-18(20-5-2)21-14-17(23)16-10-12-19-13-11-16/h10-13,15,17,23H,4-9,14H2,1-3H3,(H2,20,21,22). The summed E-state index contributed by atoms with van der Waals surface area (Å²) in [6.07, 6.45) is 9.00. The first-order valence-electron chi connectivity index (χ1n) is 8.80. The van der Waals surface area contributed by atoms with Gasteiger partial charge in [0.15, 0.2) is 5.96 Å². The molecular weight excluding hydrogens is 288 g/mol. The maximum Gasteiger partial charge on any atom is 0.191 e. The minimum atomic E-state index is -0.603. The number of nitrogens with one attached hydrogen (secondary N) is 2. The highest BCUT2D eigenvalue weighted by molar-refractivity contribution is 5.80. The summed E-state index contributed by atoms with van der Waals surface area (Å²) >= 11 is 0. The van der Waals surface area contributed by atoms with E-state index in [1.165, 1.54) is 25.7 Å². The van der Waals surface area contributed by atoms with Gasteiger partial charge in [0, 0.05) is 25.0 Å². The molecule has 0 amide bonds. The lowest BCUT2D eigenvalue weighted by Gasteiger charge is -2.18. The largest absolute Gasteiger partial charge is 0.386 e. The van der Waals surface area contributed by atoms with Crippen molar-refractivity contribution in [3.05, 3.63) is 30.1 Å². The second-order valence-corrected chi connectivity index (χ2v) is 5.91. The Morgan fingerprint density at radius 3 is 2.61 bits per heavy atom. The number of guanidine groups is 1. The number of pyridine rings is 1. The van der Waals surface area contributed by atoms with E-state index < -0.39 is 6.10 Å². The molecule has 0 saturated heterocycles. The number of unbranched alkanes of at least 4 members (excludes halogenated alkanes) is 3. The first kappa shape index (κ1) is 19.4. The molecule has 0 aliphatic heterocycles. The average Bonchev–Trinajstić information content (AvgIpc) is 2.57. The van der Waals surface area contributed by atoms with Crippen LogP contribution >= 0.6 is 0 Å². The lowest BCUT2D eigenvalue weighted by molar-refractivity contribution is 0.187. The van der Waals surface area contributed by atoms with Crippen LogP contribution in [-0.2, 0) is 0 Å². The molecule has 3 N–H and O–H groups in total. The van der Waals surface area contributed by atoms with E-state index in [9.17, 15) is 5.11 Å². The van der Waals surface area contributed by atoms with Crippen LogP contribution in [0.4, 0.5) is 0 Å². The Labute approximate surface area is 140 Å². The van der Waals surface area contributed by atoms with Gasteiger partial charge in [0.25, 0.3) is 0 Å². The SMILES string of the molecule is CCCCCCC(C)NC(=NCC(O)c1ccncc1)NCC. The second-order valence-electron chi connectivity index (χ2n) is 5.91. The Morgan fingerprint density at radius 1 is 1.22 bits per heavy atom. The Hall–Kier alpha value is -1.62. The lowest BCUT2D eigenvalue weighted by Crippen LogP contribution is -2.42. The van der Waals surface area contributed by atoms with Crippen LogP contribution in [0.2, 0.25) is 0 Å². The van der Waals surface area contributed by atoms with Gasteiger partial charge in [0.2, 0.25) is 0 Å².